The highest BCUT2D eigenvalue weighted by Gasteiger charge is 2.17. The number of guanidine groups is 1. The van der Waals surface area contributed by atoms with E-state index in [4.69, 9.17) is 4.99 Å². The second-order valence-corrected chi connectivity index (χ2v) is 8.02. The number of aromatic nitrogens is 3. The Morgan fingerprint density at radius 3 is 2.67 bits per heavy atom. The maximum atomic E-state index is 4.84. The zero-order chi connectivity index (χ0) is 18.8. The monoisotopic (exact) mass is 490 g/mol. The Labute approximate surface area is 182 Å². The maximum absolute atomic E-state index is 4.84. The van der Waals surface area contributed by atoms with Crippen molar-refractivity contribution < 1.29 is 0 Å². The minimum absolute atomic E-state index is 0. The average Bonchev–Trinajstić information content (AvgIpc) is 3.25. The molecule has 1 heterocycles. The molecule has 1 fully saturated rings. The van der Waals surface area contributed by atoms with Gasteiger partial charge in [0, 0.05) is 25.0 Å². The molecule has 0 aliphatic heterocycles. The van der Waals surface area contributed by atoms with Gasteiger partial charge in [-0.2, -0.15) is 0 Å². The second kappa shape index (κ2) is 13.3. The lowest BCUT2D eigenvalue weighted by molar-refractivity contribution is 0.487. The molecule has 1 atom stereocenters. The highest BCUT2D eigenvalue weighted by atomic mass is 127. The van der Waals surface area contributed by atoms with Crippen LogP contribution in [0, 0.1) is 5.92 Å². The molecule has 27 heavy (non-hydrogen) atoms. The van der Waals surface area contributed by atoms with Gasteiger partial charge in [0.15, 0.2) is 5.96 Å². The van der Waals surface area contributed by atoms with E-state index < -0.39 is 0 Å². The Morgan fingerprint density at radius 2 is 2.00 bits per heavy atom. The highest BCUT2D eigenvalue weighted by Crippen LogP contribution is 2.17. The van der Waals surface area contributed by atoms with Gasteiger partial charge in [-0.05, 0) is 32.1 Å². The van der Waals surface area contributed by atoms with E-state index >= 15 is 0 Å². The second-order valence-electron chi connectivity index (χ2n) is 8.02. The van der Waals surface area contributed by atoms with E-state index in [2.05, 4.69) is 53.1 Å². The lowest BCUT2D eigenvalue weighted by Crippen LogP contribution is -2.46. The van der Waals surface area contributed by atoms with Crippen molar-refractivity contribution in [1.82, 2.24) is 25.4 Å². The first kappa shape index (κ1) is 24.2. The minimum atomic E-state index is 0. The third-order valence-corrected chi connectivity index (χ3v) is 5.12. The first-order valence-electron chi connectivity index (χ1n) is 10.5. The summed E-state index contributed by atoms with van der Waals surface area (Å²) in [7, 11) is 0. The van der Waals surface area contributed by atoms with Crippen LogP contribution in [0.5, 0.6) is 0 Å². The smallest absolute Gasteiger partial charge is 0.191 e. The van der Waals surface area contributed by atoms with Crippen LogP contribution in [0.25, 0.3) is 0 Å². The summed E-state index contributed by atoms with van der Waals surface area (Å²) < 4.78 is 2.10. The summed E-state index contributed by atoms with van der Waals surface area (Å²) in [5.41, 5.74) is 0. The number of halogens is 1. The van der Waals surface area contributed by atoms with Crippen LogP contribution in [-0.2, 0) is 13.0 Å². The van der Waals surface area contributed by atoms with Crippen molar-refractivity contribution in [1.29, 1.82) is 0 Å². The molecule has 6 nitrogen and oxygen atoms in total. The normalized spacial score (nSPS) is 16.4. The van der Waals surface area contributed by atoms with Crippen molar-refractivity contribution in [2.24, 2.45) is 10.9 Å². The Hall–Kier alpha value is -0.860. The van der Waals surface area contributed by atoms with Crippen LogP contribution in [0.3, 0.4) is 0 Å². The summed E-state index contributed by atoms with van der Waals surface area (Å²) >= 11 is 0. The molecule has 2 N–H and O–H groups in total. The third-order valence-electron chi connectivity index (χ3n) is 5.12. The zero-order valence-corrected chi connectivity index (χ0v) is 19.9. The molecule has 1 aromatic heterocycles. The van der Waals surface area contributed by atoms with E-state index in [-0.39, 0.29) is 24.0 Å². The largest absolute Gasteiger partial charge is 0.354 e. The molecule has 0 amide bonds. The number of hydrogen-bond donors (Lipinski definition) is 2. The van der Waals surface area contributed by atoms with Gasteiger partial charge in [-0.25, -0.2) is 0 Å². The van der Waals surface area contributed by atoms with Crippen LogP contribution >= 0.6 is 24.0 Å². The summed E-state index contributed by atoms with van der Waals surface area (Å²) in [6.45, 7) is 10.5. The standard InChI is InChI=1S/C20H38N6.HI/c1-5-19-25-22-15-26(19)14-13-21-20(24-18-11-6-7-12-18)23-17(4)10-8-9-16(2)3;/h15-18H,5-14H2,1-4H3,(H2,21,23,24);1H. The Kier molecular flexibility index (Phi) is 11.9. The summed E-state index contributed by atoms with van der Waals surface area (Å²) in [6, 6.07) is 1.02. The molecule has 0 radical (unpaired) electrons. The molecule has 1 aliphatic rings. The van der Waals surface area contributed by atoms with Crippen molar-refractivity contribution in [2.75, 3.05) is 6.54 Å². The van der Waals surface area contributed by atoms with E-state index in [1.165, 1.54) is 44.9 Å². The fourth-order valence-electron chi connectivity index (χ4n) is 3.54. The van der Waals surface area contributed by atoms with E-state index in [1.807, 2.05) is 0 Å². The number of hydrogen-bond acceptors (Lipinski definition) is 3. The van der Waals surface area contributed by atoms with Crippen molar-refractivity contribution in [3.63, 3.8) is 0 Å². The van der Waals surface area contributed by atoms with Gasteiger partial charge >= 0.3 is 0 Å². The van der Waals surface area contributed by atoms with Crippen LogP contribution in [0.4, 0.5) is 0 Å². The fraction of sp³-hybridized carbons (Fsp3) is 0.850. The molecule has 0 spiro atoms. The number of aryl methyl sites for hydroxylation is 1. The number of aliphatic imine (C=N–C) groups is 1. The molecule has 1 unspecified atom stereocenters. The van der Waals surface area contributed by atoms with Gasteiger partial charge < -0.3 is 15.2 Å². The lowest BCUT2D eigenvalue weighted by atomic mass is 10.0. The van der Waals surface area contributed by atoms with Gasteiger partial charge in [-0.3, -0.25) is 4.99 Å². The van der Waals surface area contributed by atoms with Crippen molar-refractivity contribution in [3.8, 4) is 0 Å². The first-order valence-corrected chi connectivity index (χ1v) is 10.5. The van der Waals surface area contributed by atoms with E-state index in [1.54, 1.807) is 6.33 Å². The van der Waals surface area contributed by atoms with Gasteiger partial charge in [-0.15, -0.1) is 34.2 Å². The average molecular weight is 490 g/mol. The van der Waals surface area contributed by atoms with Crippen LogP contribution in [0.1, 0.15) is 78.5 Å². The summed E-state index contributed by atoms with van der Waals surface area (Å²) in [6.07, 6.45) is 11.6. The Bertz CT molecular complexity index is 536. The summed E-state index contributed by atoms with van der Waals surface area (Å²) in [5, 5.41) is 15.4. The lowest BCUT2D eigenvalue weighted by Gasteiger charge is -2.22. The van der Waals surface area contributed by atoms with Gasteiger partial charge in [0.05, 0.1) is 6.54 Å². The van der Waals surface area contributed by atoms with Crippen molar-refractivity contribution in [3.05, 3.63) is 12.2 Å². The fourth-order valence-corrected chi connectivity index (χ4v) is 3.54. The molecule has 0 bridgehead atoms. The predicted octanol–water partition coefficient (Wildman–Crippen LogP) is 4.15. The van der Waals surface area contributed by atoms with Crippen LogP contribution in [0.2, 0.25) is 0 Å². The highest BCUT2D eigenvalue weighted by molar-refractivity contribution is 14.0. The zero-order valence-electron chi connectivity index (χ0n) is 17.6. The number of nitrogens with zero attached hydrogens (tertiary/aromatic N) is 4. The van der Waals surface area contributed by atoms with Gasteiger partial charge in [0.2, 0.25) is 0 Å². The quantitative estimate of drug-likeness (QED) is 0.294. The molecule has 7 heteroatoms. The topological polar surface area (TPSA) is 67.1 Å². The van der Waals surface area contributed by atoms with E-state index in [0.29, 0.717) is 12.1 Å². The SMILES string of the molecule is CCc1nncn1CCN=C(NC(C)CCCC(C)C)NC1CCCC1.I. The maximum Gasteiger partial charge on any atom is 0.191 e. The predicted molar refractivity (Wildman–Crippen MR) is 124 cm³/mol. The van der Waals surface area contributed by atoms with E-state index in [9.17, 15) is 0 Å². The Balaban J connectivity index is 0.00000364. The molecule has 2 rings (SSSR count). The molecule has 1 saturated carbocycles. The van der Waals surface area contributed by atoms with Gasteiger partial charge in [0.1, 0.15) is 12.2 Å². The van der Waals surface area contributed by atoms with Crippen LogP contribution < -0.4 is 10.6 Å². The first-order chi connectivity index (χ1) is 12.6. The third kappa shape index (κ3) is 9.25. The van der Waals surface area contributed by atoms with Crippen LogP contribution in [0.15, 0.2) is 11.3 Å². The number of nitrogens with one attached hydrogen (secondary N) is 2. The molecular weight excluding hydrogens is 451 g/mol. The van der Waals surface area contributed by atoms with Gasteiger partial charge in [-0.1, -0.05) is 46.5 Å². The summed E-state index contributed by atoms with van der Waals surface area (Å²) in [4.78, 5) is 4.84. The molecule has 1 aromatic rings. The van der Waals surface area contributed by atoms with E-state index in [0.717, 1.165) is 37.2 Å². The minimum Gasteiger partial charge on any atom is -0.354 e. The molecule has 1 aliphatic carbocycles. The van der Waals surface area contributed by atoms with Crippen molar-refractivity contribution >= 4 is 29.9 Å². The number of rotatable bonds is 10. The van der Waals surface area contributed by atoms with Crippen LogP contribution in [-0.4, -0.2) is 39.4 Å². The Morgan fingerprint density at radius 1 is 1.26 bits per heavy atom. The molecule has 0 aromatic carbocycles. The molecule has 0 saturated heterocycles. The van der Waals surface area contributed by atoms with Crippen molar-refractivity contribution in [2.45, 2.75) is 97.7 Å². The van der Waals surface area contributed by atoms with Gasteiger partial charge in [0.25, 0.3) is 0 Å². The molecular formula is C20H39IN6. The summed E-state index contributed by atoms with van der Waals surface area (Å²) in [5.74, 6) is 2.78. The molecule has 156 valence electrons.